The number of rotatable bonds is 1. The first kappa shape index (κ1) is 6.00. The third-order valence-corrected chi connectivity index (χ3v) is 1.11. The van der Waals surface area contributed by atoms with Crippen molar-refractivity contribution in [1.82, 2.24) is 5.32 Å². The smallest absolute Gasteiger partial charge is 0.295 e. The predicted molar refractivity (Wildman–Crippen MR) is 28.1 cm³/mol. The van der Waals surface area contributed by atoms with Crippen LogP contribution in [-0.4, -0.2) is 23.4 Å². The van der Waals surface area contributed by atoms with Gasteiger partial charge in [-0.25, -0.2) is 0 Å². The van der Waals surface area contributed by atoms with Crippen LogP contribution in [0.5, 0.6) is 0 Å². The highest BCUT2D eigenvalue weighted by atomic mass is 16.6. The third kappa shape index (κ3) is 0.984. The molecule has 1 N–H and O–H groups in total. The average Bonchev–Trinajstić information content (AvgIpc) is 2.13. The fraction of sp³-hybridized carbons (Fsp3) is 0.500. The van der Waals surface area contributed by atoms with Crippen LogP contribution in [0.3, 0.4) is 0 Å². The molecular weight excluding hydrogens is 124 g/mol. The minimum atomic E-state index is -1.12. The Hall–Kier alpha value is -1.13. The maximum absolute atomic E-state index is 10.4. The fourth-order valence-electron chi connectivity index (χ4n) is 0.665. The number of carbonyl (C=O) groups excluding carboxylic acids is 1. The van der Waals surface area contributed by atoms with Crippen LogP contribution in [0.4, 0.5) is 0 Å². The largest absolute Gasteiger partial charge is 0.350 e. The summed E-state index contributed by atoms with van der Waals surface area (Å²) in [6.07, 6.45) is 1.34. The molecule has 49 valence electrons. The molecule has 1 aliphatic rings. The molecule has 1 heterocycles. The Morgan fingerprint density at radius 2 is 2.56 bits per heavy atom. The molecule has 1 rings (SSSR count). The first-order valence-corrected chi connectivity index (χ1v) is 2.46. The van der Waals surface area contributed by atoms with Gasteiger partial charge < -0.3 is 5.32 Å². The maximum Gasteiger partial charge on any atom is 0.295 e. The number of hydrogen-bond donors (Lipinski definition) is 1. The zero-order valence-electron chi connectivity index (χ0n) is 4.53. The average molecular weight is 129 g/mol. The number of nitro groups is 1. The first-order chi connectivity index (χ1) is 4.22. The van der Waals surface area contributed by atoms with Crippen LogP contribution in [0.25, 0.3) is 0 Å². The summed E-state index contributed by atoms with van der Waals surface area (Å²) in [4.78, 5) is 19.7. The number of hydrogen-bond acceptors (Lipinski definition) is 3. The maximum atomic E-state index is 10.4. The summed E-state index contributed by atoms with van der Waals surface area (Å²) in [5.41, 5.74) is 0. The van der Waals surface area contributed by atoms with Gasteiger partial charge in [-0.15, -0.1) is 0 Å². The number of amides is 1. The van der Waals surface area contributed by atoms with Gasteiger partial charge in [0.25, 0.3) is 11.9 Å². The van der Waals surface area contributed by atoms with E-state index < -0.39 is 16.9 Å². The molecule has 0 aliphatic carbocycles. The minimum Gasteiger partial charge on any atom is -0.350 e. The van der Waals surface area contributed by atoms with Crippen molar-refractivity contribution in [3.05, 3.63) is 16.5 Å². The monoisotopic (exact) mass is 129 g/mol. The molecule has 0 bridgehead atoms. The van der Waals surface area contributed by atoms with Gasteiger partial charge in [-0.2, -0.15) is 0 Å². The molecule has 1 fully saturated rings. The molecule has 1 atom stereocenters. The first-order valence-electron chi connectivity index (χ1n) is 2.46. The molecule has 1 aliphatic heterocycles. The molecule has 0 aromatic heterocycles. The van der Waals surface area contributed by atoms with Crippen molar-refractivity contribution in [3.63, 3.8) is 0 Å². The van der Waals surface area contributed by atoms with Crippen LogP contribution < -0.4 is 5.32 Å². The van der Waals surface area contributed by atoms with E-state index in [1.807, 2.05) is 0 Å². The third-order valence-electron chi connectivity index (χ3n) is 1.11. The topological polar surface area (TPSA) is 72.2 Å². The highest BCUT2D eigenvalue weighted by Crippen LogP contribution is 2.00. The van der Waals surface area contributed by atoms with Gasteiger partial charge in [0.05, 0.1) is 6.42 Å². The van der Waals surface area contributed by atoms with Gasteiger partial charge in [-0.1, -0.05) is 0 Å². The SMILES string of the molecule is O=C1NC[CH]C1[N+](=O)[O-]. The second-order valence-electron chi connectivity index (χ2n) is 1.71. The van der Waals surface area contributed by atoms with Crippen LogP contribution in [0.2, 0.25) is 0 Å². The van der Waals surface area contributed by atoms with E-state index >= 15 is 0 Å². The number of nitrogens with zero attached hydrogens (tertiary/aromatic N) is 1. The number of carbonyl (C=O) groups is 1. The van der Waals surface area contributed by atoms with Crippen LogP contribution in [0.15, 0.2) is 0 Å². The van der Waals surface area contributed by atoms with E-state index in [1.54, 1.807) is 0 Å². The van der Waals surface area contributed by atoms with Crippen LogP contribution in [0.1, 0.15) is 0 Å². The lowest BCUT2D eigenvalue weighted by molar-refractivity contribution is -0.497. The van der Waals surface area contributed by atoms with Crippen molar-refractivity contribution >= 4 is 5.91 Å². The summed E-state index contributed by atoms with van der Waals surface area (Å²) in [5, 5.41) is 12.2. The number of nitrogens with one attached hydrogen (secondary N) is 1. The molecular formula is C4H5N2O3. The van der Waals surface area contributed by atoms with Gasteiger partial charge in [0.15, 0.2) is 0 Å². The highest BCUT2D eigenvalue weighted by molar-refractivity contribution is 5.84. The standard InChI is InChI=1S/C4H5N2O3/c7-4-3(6(8)9)1-2-5-4/h1,3H,2H2,(H,5,7). The van der Waals surface area contributed by atoms with Gasteiger partial charge in [-0.3, -0.25) is 14.9 Å². The summed E-state index contributed by atoms with van der Waals surface area (Å²) < 4.78 is 0. The molecule has 5 heteroatoms. The van der Waals surface area contributed by atoms with E-state index in [9.17, 15) is 14.9 Å². The molecule has 0 saturated carbocycles. The van der Waals surface area contributed by atoms with Gasteiger partial charge in [-0.05, 0) is 0 Å². The van der Waals surface area contributed by atoms with E-state index in [0.29, 0.717) is 6.54 Å². The molecule has 9 heavy (non-hydrogen) atoms. The van der Waals surface area contributed by atoms with Crippen molar-refractivity contribution < 1.29 is 9.72 Å². The molecule has 5 nitrogen and oxygen atoms in total. The highest BCUT2D eigenvalue weighted by Gasteiger charge is 2.34. The molecule has 1 amide bonds. The van der Waals surface area contributed by atoms with E-state index in [2.05, 4.69) is 5.32 Å². The zero-order chi connectivity index (χ0) is 6.85. The van der Waals surface area contributed by atoms with Gasteiger partial charge in [0.2, 0.25) is 0 Å². The Kier molecular flexibility index (Phi) is 1.33. The zero-order valence-corrected chi connectivity index (χ0v) is 4.53. The van der Waals surface area contributed by atoms with Crippen molar-refractivity contribution in [2.75, 3.05) is 6.54 Å². The molecule has 0 aromatic carbocycles. The van der Waals surface area contributed by atoms with Crippen molar-refractivity contribution in [2.45, 2.75) is 6.04 Å². The second kappa shape index (κ2) is 2.00. The molecule has 1 unspecified atom stereocenters. The van der Waals surface area contributed by atoms with E-state index in [0.717, 1.165) is 0 Å². The normalized spacial score (nSPS) is 25.8. The van der Waals surface area contributed by atoms with Crippen molar-refractivity contribution in [3.8, 4) is 0 Å². The lowest BCUT2D eigenvalue weighted by Gasteiger charge is -1.93. The molecule has 1 radical (unpaired) electrons. The Labute approximate surface area is 51.2 Å². The quantitative estimate of drug-likeness (QED) is 0.363. The van der Waals surface area contributed by atoms with Crippen LogP contribution in [0, 0.1) is 16.5 Å². The van der Waals surface area contributed by atoms with E-state index in [-0.39, 0.29) is 0 Å². The van der Waals surface area contributed by atoms with E-state index in [1.165, 1.54) is 6.42 Å². The Morgan fingerprint density at radius 1 is 1.89 bits per heavy atom. The summed E-state index contributed by atoms with van der Waals surface area (Å²) in [5.74, 6) is -0.514. The van der Waals surface area contributed by atoms with Crippen molar-refractivity contribution in [2.24, 2.45) is 0 Å². The summed E-state index contributed by atoms with van der Waals surface area (Å²) in [7, 11) is 0. The summed E-state index contributed by atoms with van der Waals surface area (Å²) in [6, 6.07) is -1.12. The summed E-state index contributed by atoms with van der Waals surface area (Å²) >= 11 is 0. The summed E-state index contributed by atoms with van der Waals surface area (Å²) in [6.45, 7) is 0.310. The van der Waals surface area contributed by atoms with Crippen LogP contribution >= 0.6 is 0 Å². The van der Waals surface area contributed by atoms with Crippen LogP contribution in [-0.2, 0) is 4.79 Å². The van der Waals surface area contributed by atoms with Gasteiger partial charge in [0.1, 0.15) is 0 Å². The Bertz CT molecular complexity index is 156. The second-order valence-corrected chi connectivity index (χ2v) is 1.71. The molecule has 0 spiro atoms. The van der Waals surface area contributed by atoms with Crippen molar-refractivity contribution in [1.29, 1.82) is 0 Å². The fourth-order valence-corrected chi connectivity index (χ4v) is 0.665. The van der Waals surface area contributed by atoms with E-state index in [4.69, 9.17) is 0 Å². The molecule has 1 saturated heterocycles. The van der Waals surface area contributed by atoms with Gasteiger partial charge in [0, 0.05) is 11.5 Å². The molecule has 0 aromatic rings. The minimum absolute atomic E-state index is 0.310. The lowest BCUT2D eigenvalue weighted by Crippen LogP contribution is -2.29. The Balaban J connectivity index is 2.60. The Morgan fingerprint density at radius 3 is 2.78 bits per heavy atom. The predicted octanol–water partition coefficient (Wildman–Crippen LogP) is -1.03. The van der Waals surface area contributed by atoms with Gasteiger partial charge >= 0.3 is 0 Å². The lowest BCUT2D eigenvalue weighted by atomic mass is 10.3.